The molecule has 3 atom stereocenters. The lowest BCUT2D eigenvalue weighted by atomic mass is 9.88. The molecule has 0 N–H and O–H groups in total. The Balaban J connectivity index is 0.000000286. The predicted octanol–water partition coefficient (Wildman–Crippen LogP) is 2.86. The molecule has 1 aliphatic carbocycles. The second-order valence-corrected chi connectivity index (χ2v) is 4.18. The van der Waals surface area contributed by atoms with Crippen molar-refractivity contribution in [3.05, 3.63) is 0 Å². The van der Waals surface area contributed by atoms with Gasteiger partial charge in [0.25, 0.3) is 0 Å². The maximum Gasteiger partial charge on any atom is 0.0781 e. The van der Waals surface area contributed by atoms with Crippen LogP contribution in [0.3, 0.4) is 0 Å². The maximum absolute atomic E-state index is 5.30. The molecule has 2 aliphatic rings. The molecule has 0 aromatic rings. The first-order valence-electron chi connectivity index (χ1n) is 5.38. The molecule has 0 spiro atoms. The highest BCUT2D eigenvalue weighted by molar-refractivity contribution is 4.71. The van der Waals surface area contributed by atoms with Gasteiger partial charge in [-0.05, 0) is 25.7 Å². The first-order valence-corrected chi connectivity index (χ1v) is 5.38. The Morgan fingerprint density at radius 3 is 2.08 bits per heavy atom. The Kier molecular flexibility index (Phi) is 4.74. The lowest BCUT2D eigenvalue weighted by Crippen LogP contribution is -2.23. The van der Waals surface area contributed by atoms with Gasteiger partial charge in [-0.3, -0.25) is 0 Å². The topological polar surface area (TPSA) is 21.8 Å². The van der Waals surface area contributed by atoms with Crippen molar-refractivity contribution < 1.29 is 10.9 Å². The van der Waals surface area contributed by atoms with Crippen LogP contribution in [0, 0.1) is 5.92 Å². The molecule has 2 heteroatoms. The van der Waals surface area contributed by atoms with E-state index in [-0.39, 0.29) is 1.43 Å². The molecular formula is C11H24O2. The molecule has 3 unspecified atom stereocenters. The third-order valence-corrected chi connectivity index (χ3v) is 2.84. The van der Waals surface area contributed by atoms with Crippen LogP contribution in [-0.4, -0.2) is 25.9 Å². The Morgan fingerprint density at radius 2 is 1.77 bits per heavy atom. The molecule has 0 radical (unpaired) electrons. The Bertz CT molecular complexity index is 137. The molecule has 13 heavy (non-hydrogen) atoms. The van der Waals surface area contributed by atoms with Gasteiger partial charge in [-0.2, -0.15) is 0 Å². The van der Waals surface area contributed by atoms with E-state index < -0.39 is 0 Å². The molecule has 2 rings (SSSR count). The standard InChI is InChI=1S/C8H16O.C3H6O.H2/c1-7-5-3-4-6-8(7)9-2;1-3-2-4-3;/h7-8H,3-6H2,1-2H3;3H,2H2,1H3;1H. The summed E-state index contributed by atoms with van der Waals surface area (Å²) < 4.78 is 10.0. The summed E-state index contributed by atoms with van der Waals surface area (Å²) >= 11 is 0. The fraction of sp³-hybridized carbons (Fsp3) is 1.00. The number of methoxy groups -OCH3 is 1. The maximum atomic E-state index is 5.30. The summed E-state index contributed by atoms with van der Waals surface area (Å²) in [7, 11) is 1.83. The number of epoxide rings is 1. The molecular weight excluding hydrogens is 164 g/mol. The van der Waals surface area contributed by atoms with Crippen molar-refractivity contribution in [2.75, 3.05) is 13.7 Å². The van der Waals surface area contributed by atoms with E-state index in [1.165, 1.54) is 25.7 Å². The zero-order chi connectivity index (χ0) is 9.68. The van der Waals surface area contributed by atoms with Crippen LogP contribution in [0.25, 0.3) is 0 Å². The Morgan fingerprint density at radius 1 is 1.23 bits per heavy atom. The minimum Gasteiger partial charge on any atom is -0.381 e. The number of hydrogen-bond donors (Lipinski definition) is 0. The molecule has 0 aromatic carbocycles. The Labute approximate surface area is 83.1 Å². The zero-order valence-electron chi connectivity index (χ0n) is 9.08. The van der Waals surface area contributed by atoms with Gasteiger partial charge in [0.1, 0.15) is 0 Å². The fourth-order valence-electron chi connectivity index (χ4n) is 1.73. The number of hydrogen-bond acceptors (Lipinski definition) is 2. The third-order valence-electron chi connectivity index (χ3n) is 2.84. The van der Waals surface area contributed by atoms with Gasteiger partial charge in [-0.1, -0.05) is 19.8 Å². The third kappa shape index (κ3) is 4.63. The van der Waals surface area contributed by atoms with E-state index in [9.17, 15) is 0 Å². The summed E-state index contributed by atoms with van der Waals surface area (Å²) in [5, 5.41) is 0. The molecule has 0 bridgehead atoms. The van der Waals surface area contributed by atoms with E-state index in [0.29, 0.717) is 12.2 Å². The molecule has 2 nitrogen and oxygen atoms in total. The first-order chi connectivity index (χ1) is 6.24. The number of ether oxygens (including phenoxy) is 2. The van der Waals surface area contributed by atoms with Crippen LogP contribution >= 0.6 is 0 Å². The van der Waals surface area contributed by atoms with Gasteiger partial charge in [0.05, 0.1) is 18.8 Å². The summed E-state index contributed by atoms with van der Waals surface area (Å²) in [6.45, 7) is 5.33. The minimum absolute atomic E-state index is 0. The second-order valence-electron chi connectivity index (χ2n) is 4.18. The average Bonchev–Trinajstić information content (AvgIpc) is 2.90. The van der Waals surface area contributed by atoms with Gasteiger partial charge in [-0.25, -0.2) is 0 Å². The van der Waals surface area contributed by atoms with Crippen LogP contribution in [0.1, 0.15) is 41.0 Å². The zero-order valence-corrected chi connectivity index (χ0v) is 9.08. The average molecular weight is 188 g/mol. The SMILES string of the molecule is CC1CO1.COC1CCCCC1C.[HH]. The fourth-order valence-corrected chi connectivity index (χ4v) is 1.73. The molecule has 1 aliphatic heterocycles. The van der Waals surface area contributed by atoms with Crippen LogP contribution in [0.5, 0.6) is 0 Å². The van der Waals surface area contributed by atoms with E-state index in [0.717, 1.165) is 12.5 Å². The molecule has 0 amide bonds. The van der Waals surface area contributed by atoms with Crippen molar-refractivity contribution in [3.8, 4) is 0 Å². The summed E-state index contributed by atoms with van der Waals surface area (Å²) in [4.78, 5) is 0. The predicted molar refractivity (Wildman–Crippen MR) is 56.0 cm³/mol. The first kappa shape index (κ1) is 11.0. The van der Waals surface area contributed by atoms with Crippen molar-refractivity contribution in [1.29, 1.82) is 0 Å². The second kappa shape index (κ2) is 5.61. The normalized spacial score (nSPS) is 37.6. The molecule has 1 saturated carbocycles. The van der Waals surface area contributed by atoms with Gasteiger partial charge in [0.15, 0.2) is 0 Å². The molecule has 80 valence electrons. The van der Waals surface area contributed by atoms with Crippen LogP contribution in [0.15, 0.2) is 0 Å². The quantitative estimate of drug-likeness (QED) is 0.590. The van der Waals surface area contributed by atoms with E-state index in [1.807, 2.05) is 7.11 Å². The van der Waals surface area contributed by atoms with Gasteiger partial charge in [-0.15, -0.1) is 0 Å². The van der Waals surface area contributed by atoms with E-state index in [1.54, 1.807) is 0 Å². The van der Waals surface area contributed by atoms with Gasteiger partial charge in [0, 0.05) is 8.54 Å². The van der Waals surface area contributed by atoms with Crippen LogP contribution in [-0.2, 0) is 9.47 Å². The van der Waals surface area contributed by atoms with Crippen LogP contribution < -0.4 is 0 Å². The summed E-state index contributed by atoms with van der Waals surface area (Å²) in [6, 6.07) is 0. The summed E-state index contributed by atoms with van der Waals surface area (Å²) in [6.07, 6.45) is 6.54. The molecule has 2 fully saturated rings. The smallest absolute Gasteiger partial charge is 0.0781 e. The lowest BCUT2D eigenvalue weighted by molar-refractivity contribution is 0.0310. The van der Waals surface area contributed by atoms with Crippen LogP contribution in [0.2, 0.25) is 0 Å². The van der Waals surface area contributed by atoms with E-state index >= 15 is 0 Å². The lowest BCUT2D eigenvalue weighted by Gasteiger charge is -2.26. The van der Waals surface area contributed by atoms with Crippen molar-refractivity contribution in [3.63, 3.8) is 0 Å². The molecule has 1 heterocycles. The molecule has 1 saturated heterocycles. The van der Waals surface area contributed by atoms with Gasteiger partial charge >= 0.3 is 0 Å². The highest BCUT2D eigenvalue weighted by Gasteiger charge is 2.19. The summed E-state index contributed by atoms with van der Waals surface area (Å²) in [5.74, 6) is 0.795. The van der Waals surface area contributed by atoms with Crippen molar-refractivity contribution >= 4 is 0 Å². The minimum atomic E-state index is 0. The Hall–Kier alpha value is -0.0800. The largest absolute Gasteiger partial charge is 0.381 e. The molecule has 0 aromatic heterocycles. The monoisotopic (exact) mass is 188 g/mol. The van der Waals surface area contributed by atoms with Crippen molar-refractivity contribution in [1.82, 2.24) is 0 Å². The van der Waals surface area contributed by atoms with Gasteiger partial charge in [0.2, 0.25) is 0 Å². The van der Waals surface area contributed by atoms with Crippen LogP contribution in [0.4, 0.5) is 0 Å². The van der Waals surface area contributed by atoms with E-state index in [4.69, 9.17) is 9.47 Å². The highest BCUT2D eigenvalue weighted by Crippen LogP contribution is 2.25. The number of rotatable bonds is 1. The van der Waals surface area contributed by atoms with Crippen molar-refractivity contribution in [2.45, 2.75) is 51.7 Å². The van der Waals surface area contributed by atoms with Gasteiger partial charge < -0.3 is 9.47 Å². The highest BCUT2D eigenvalue weighted by atomic mass is 16.6. The summed E-state index contributed by atoms with van der Waals surface area (Å²) in [5.41, 5.74) is 0. The van der Waals surface area contributed by atoms with Crippen molar-refractivity contribution in [2.24, 2.45) is 5.92 Å². The van der Waals surface area contributed by atoms with E-state index in [2.05, 4.69) is 13.8 Å².